The van der Waals surface area contributed by atoms with Crippen molar-refractivity contribution in [2.24, 2.45) is 0 Å². The van der Waals surface area contributed by atoms with Crippen molar-refractivity contribution >= 4 is 12.0 Å². The van der Waals surface area contributed by atoms with Gasteiger partial charge in [0.25, 0.3) is 0 Å². The van der Waals surface area contributed by atoms with Gasteiger partial charge in [0.05, 0.1) is 37.2 Å². The number of halogens is 3. The van der Waals surface area contributed by atoms with Crippen LogP contribution in [0.4, 0.5) is 18.0 Å². The summed E-state index contributed by atoms with van der Waals surface area (Å²) in [7, 11) is 0. The van der Waals surface area contributed by atoms with Gasteiger partial charge in [-0.15, -0.1) is 5.10 Å². The summed E-state index contributed by atoms with van der Waals surface area (Å²) in [5, 5.41) is 18.9. The smallest absolute Gasteiger partial charge is 0.475 e. The molecule has 0 unspecified atom stereocenters. The number of hydrogen-bond donors (Lipinski definition) is 2. The van der Waals surface area contributed by atoms with Gasteiger partial charge in [-0.25, -0.2) is 14.3 Å². The van der Waals surface area contributed by atoms with Gasteiger partial charge in [-0.3, -0.25) is 4.90 Å². The molecule has 2 N–H and O–H groups in total. The molecule has 0 radical (unpaired) electrons. The number of nitrogens with zero attached hydrogens (tertiary/aromatic N) is 5. The van der Waals surface area contributed by atoms with Gasteiger partial charge < -0.3 is 20.1 Å². The van der Waals surface area contributed by atoms with Crippen molar-refractivity contribution in [2.75, 3.05) is 39.4 Å². The molecule has 13 heteroatoms. The van der Waals surface area contributed by atoms with Crippen LogP contribution in [0.15, 0.2) is 36.5 Å². The minimum absolute atomic E-state index is 0.000477. The predicted molar refractivity (Wildman–Crippen MR) is 123 cm³/mol. The van der Waals surface area contributed by atoms with Crippen molar-refractivity contribution in [3.05, 3.63) is 47.8 Å². The maximum absolute atomic E-state index is 12.6. The molecule has 4 rings (SSSR count). The number of alkyl halides is 3. The first kappa shape index (κ1) is 27.4. The van der Waals surface area contributed by atoms with Crippen LogP contribution in [0.5, 0.6) is 0 Å². The average Bonchev–Trinajstić information content (AvgIpc) is 3.33. The van der Waals surface area contributed by atoms with Crippen molar-refractivity contribution in [2.45, 2.75) is 44.6 Å². The van der Waals surface area contributed by atoms with E-state index in [4.69, 9.17) is 14.6 Å². The Morgan fingerprint density at radius 2 is 1.75 bits per heavy atom. The second kappa shape index (κ2) is 12.7. The molecule has 3 heterocycles. The Labute approximate surface area is 207 Å². The number of benzene rings is 1. The number of amides is 2. The van der Waals surface area contributed by atoms with E-state index in [9.17, 15) is 18.0 Å². The predicted octanol–water partition coefficient (Wildman–Crippen LogP) is 2.85. The summed E-state index contributed by atoms with van der Waals surface area (Å²) >= 11 is 0. The van der Waals surface area contributed by atoms with Crippen LogP contribution >= 0.6 is 0 Å². The molecule has 0 bridgehead atoms. The molecule has 2 saturated heterocycles. The van der Waals surface area contributed by atoms with E-state index in [-0.39, 0.29) is 12.1 Å². The Kier molecular flexibility index (Phi) is 9.65. The lowest BCUT2D eigenvalue weighted by Gasteiger charge is -2.32. The van der Waals surface area contributed by atoms with E-state index >= 15 is 0 Å². The lowest BCUT2D eigenvalue weighted by atomic mass is 10.1. The topological polar surface area (TPSA) is 113 Å². The first-order valence-corrected chi connectivity index (χ1v) is 11.7. The third kappa shape index (κ3) is 8.19. The highest BCUT2D eigenvalue weighted by Crippen LogP contribution is 2.23. The molecular formula is C23H31F3N6O4. The molecule has 10 nitrogen and oxygen atoms in total. The molecular weight excluding hydrogens is 481 g/mol. The van der Waals surface area contributed by atoms with Gasteiger partial charge in [-0.05, 0) is 25.3 Å². The largest absolute Gasteiger partial charge is 0.490 e. The quantitative estimate of drug-likeness (QED) is 0.634. The van der Waals surface area contributed by atoms with E-state index in [2.05, 4.69) is 26.7 Å². The van der Waals surface area contributed by atoms with Gasteiger partial charge in [0, 0.05) is 32.7 Å². The number of nitrogens with one attached hydrogen (secondary N) is 1. The molecule has 198 valence electrons. The van der Waals surface area contributed by atoms with Gasteiger partial charge in [-0.2, -0.15) is 13.2 Å². The molecule has 1 aromatic heterocycles. The van der Waals surface area contributed by atoms with Crippen molar-refractivity contribution < 1.29 is 32.6 Å². The fourth-order valence-corrected chi connectivity index (χ4v) is 3.99. The highest BCUT2D eigenvalue weighted by Gasteiger charge is 2.38. The number of ether oxygens (including phenoxy) is 1. The molecule has 0 aliphatic carbocycles. The summed E-state index contributed by atoms with van der Waals surface area (Å²) in [4.78, 5) is 25.8. The fraction of sp³-hybridized carbons (Fsp3) is 0.565. The van der Waals surface area contributed by atoms with Crippen LogP contribution in [0.1, 0.15) is 43.1 Å². The van der Waals surface area contributed by atoms with Crippen molar-refractivity contribution in [3.63, 3.8) is 0 Å². The third-order valence-corrected chi connectivity index (χ3v) is 6.05. The molecule has 0 spiro atoms. The molecule has 2 aliphatic rings. The number of carbonyl (C=O) groups is 2. The molecule has 36 heavy (non-hydrogen) atoms. The zero-order valence-electron chi connectivity index (χ0n) is 20.0. The van der Waals surface area contributed by atoms with E-state index < -0.39 is 12.1 Å². The van der Waals surface area contributed by atoms with Gasteiger partial charge in [-0.1, -0.05) is 35.5 Å². The molecule has 2 amide bonds. The third-order valence-electron chi connectivity index (χ3n) is 6.05. The maximum Gasteiger partial charge on any atom is 0.490 e. The number of carboxylic acid groups (broad SMARTS) is 1. The van der Waals surface area contributed by atoms with Crippen LogP contribution in [-0.4, -0.2) is 87.5 Å². The monoisotopic (exact) mass is 512 g/mol. The summed E-state index contributed by atoms with van der Waals surface area (Å²) in [6.07, 6.45) is -1.23. The second-order valence-electron chi connectivity index (χ2n) is 8.68. The zero-order chi connectivity index (χ0) is 26.1. The molecule has 2 fully saturated rings. The number of carbonyl (C=O) groups excluding carboxylic acids is 1. The SMILES string of the molecule is C[C@H](NC(=O)N1CCC(n2cc(CN3CCOCC3)nn2)CC1)c1ccccc1.O=C(O)C(F)(F)F. The number of rotatable bonds is 5. The molecule has 0 saturated carbocycles. The molecule has 2 aliphatic heterocycles. The van der Waals surface area contributed by atoms with E-state index in [1.54, 1.807) is 0 Å². The Morgan fingerprint density at radius 1 is 1.14 bits per heavy atom. The van der Waals surface area contributed by atoms with Gasteiger partial charge >= 0.3 is 18.2 Å². The number of carboxylic acids is 1. The Morgan fingerprint density at radius 3 is 2.33 bits per heavy atom. The van der Waals surface area contributed by atoms with E-state index in [1.807, 2.05) is 46.8 Å². The molecule has 1 aromatic carbocycles. The van der Waals surface area contributed by atoms with Crippen LogP contribution in [0.3, 0.4) is 0 Å². The first-order valence-electron chi connectivity index (χ1n) is 11.7. The maximum atomic E-state index is 12.6. The first-order chi connectivity index (χ1) is 17.1. The van der Waals surface area contributed by atoms with Crippen molar-refractivity contribution in [1.82, 2.24) is 30.1 Å². The van der Waals surface area contributed by atoms with Crippen LogP contribution in [-0.2, 0) is 16.1 Å². The van der Waals surface area contributed by atoms with Gasteiger partial charge in [0.2, 0.25) is 0 Å². The summed E-state index contributed by atoms with van der Waals surface area (Å²) in [5.41, 5.74) is 2.12. The second-order valence-corrected chi connectivity index (χ2v) is 8.68. The zero-order valence-corrected chi connectivity index (χ0v) is 20.0. The van der Waals surface area contributed by atoms with E-state index in [0.717, 1.165) is 70.0 Å². The lowest BCUT2D eigenvalue weighted by Crippen LogP contribution is -2.45. The van der Waals surface area contributed by atoms with E-state index in [1.165, 1.54) is 0 Å². The van der Waals surface area contributed by atoms with E-state index in [0.29, 0.717) is 6.04 Å². The number of morpholine rings is 1. The number of likely N-dealkylation sites (tertiary alicyclic amines) is 1. The van der Waals surface area contributed by atoms with Crippen molar-refractivity contribution in [1.29, 1.82) is 0 Å². The van der Waals surface area contributed by atoms with Gasteiger partial charge in [0.15, 0.2) is 0 Å². The Bertz CT molecular complexity index is 974. The minimum Gasteiger partial charge on any atom is -0.475 e. The normalized spacial score (nSPS) is 18.2. The van der Waals surface area contributed by atoms with Crippen LogP contribution in [0, 0.1) is 0 Å². The highest BCUT2D eigenvalue weighted by atomic mass is 19.4. The lowest BCUT2D eigenvalue weighted by molar-refractivity contribution is -0.192. The number of urea groups is 1. The Hall–Kier alpha value is -3.19. The van der Waals surface area contributed by atoms with Gasteiger partial charge in [0.1, 0.15) is 0 Å². The number of piperidine rings is 1. The Balaban J connectivity index is 0.000000454. The molecule has 2 aromatic rings. The summed E-state index contributed by atoms with van der Waals surface area (Å²) < 4.78 is 39.1. The summed E-state index contributed by atoms with van der Waals surface area (Å²) in [6.45, 7) is 7.78. The summed E-state index contributed by atoms with van der Waals surface area (Å²) in [5.74, 6) is -2.76. The summed E-state index contributed by atoms with van der Waals surface area (Å²) in [6, 6.07) is 10.4. The highest BCUT2D eigenvalue weighted by molar-refractivity contribution is 5.74. The van der Waals surface area contributed by atoms with Crippen LogP contribution in [0.2, 0.25) is 0 Å². The fourth-order valence-electron chi connectivity index (χ4n) is 3.99. The number of aromatic nitrogens is 3. The van der Waals surface area contributed by atoms with Crippen LogP contribution in [0.25, 0.3) is 0 Å². The average molecular weight is 513 g/mol. The number of aliphatic carboxylic acids is 1. The molecule has 1 atom stereocenters. The standard InChI is InChI=1S/C21H30N6O2.C2HF3O2/c1-17(18-5-3-2-4-6-18)22-21(28)26-9-7-20(8-10-26)27-16-19(23-24-27)15-25-11-13-29-14-12-25;3-2(4,5)1(6)7/h2-6,16-17,20H,7-15H2,1H3,(H,22,28);(H,6,7)/t17-;/m0./s1. The minimum atomic E-state index is -5.08. The van der Waals surface area contributed by atoms with Crippen LogP contribution < -0.4 is 5.32 Å². The van der Waals surface area contributed by atoms with Crippen molar-refractivity contribution in [3.8, 4) is 0 Å². The number of hydrogen-bond acceptors (Lipinski definition) is 6.